The van der Waals surface area contributed by atoms with Crippen LogP contribution in [-0.4, -0.2) is 24.2 Å². The van der Waals surface area contributed by atoms with Gasteiger partial charge < -0.3 is 20.5 Å². The van der Waals surface area contributed by atoms with E-state index < -0.39 is 11.0 Å². The molecule has 2 atom stereocenters. The summed E-state index contributed by atoms with van der Waals surface area (Å²) in [6, 6.07) is 15.7. The van der Waals surface area contributed by atoms with Crippen LogP contribution in [0.15, 0.2) is 48.5 Å². The highest BCUT2D eigenvalue weighted by Crippen LogP contribution is 2.50. The molecule has 1 saturated carbocycles. The summed E-state index contributed by atoms with van der Waals surface area (Å²) in [4.78, 5) is 12.9. The van der Waals surface area contributed by atoms with Crippen molar-refractivity contribution in [3.8, 4) is 5.75 Å². The van der Waals surface area contributed by atoms with Gasteiger partial charge in [0.1, 0.15) is 17.9 Å². The lowest BCUT2D eigenvalue weighted by atomic mass is 9.54. The minimum Gasteiger partial charge on any atom is -0.489 e. The molecule has 2 unspecified atom stereocenters. The molecule has 0 radical (unpaired) electrons. The Labute approximate surface area is 179 Å². The molecule has 1 aliphatic carbocycles. The summed E-state index contributed by atoms with van der Waals surface area (Å²) in [6.45, 7) is 9.01. The van der Waals surface area contributed by atoms with Gasteiger partial charge in [0.05, 0.1) is 6.10 Å². The minimum absolute atomic E-state index is 0. The van der Waals surface area contributed by atoms with Crippen LogP contribution in [0.4, 0.5) is 5.69 Å². The number of amides is 1. The number of carbonyl (C=O) groups is 1. The van der Waals surface area contributed by atoms with E-state index in [1.54, 1.807) is 0 Å². The van der Waals surface area contributed by atoms with Gasteiger partial charge in [-0.1, -0.05) is 44.2 Å². The third kappa shape index (κ3) is 4.58. The molecule has 1 aliphatic rings. The van der Waals surface area contributed by atoms with Gasteiger partial charge in [-0.3, -0.25) is 4.79 Å². The highest BCUT2D eigenvalue weighted by molar-refractivity contribution is 6.00. The molecule has 0 spiro atoms. The molecule has 2 aromatic carbocycles. The number of hydrogen-bond acceptors (Lipinski definition) is 4. The Morgan fingerprint density at radius 3 is 2.48 bits per heavy atom. The van der Waals surface area contributed by atoms with Crippen molar-refractivity contribution in [1.29, 1.82) is 0 Å². The van der Waals surface area contributed by atoms with Crippen molar-refractivity contribution in [2.45, 2.75) is 52.4 Å². The summed E-state index contributed by atoms with van der Waals surface area (Å²) in [7, 11) is 0. The standard InChI is InChI=1S/C23H30N2O3.ClH/c1-5-27-20-14-23(24,22(20,3)4)21(26)25-19-12-11-18(13-16(19)2)28-15-17-9-7-6-8-10-17;/h6-13,20H,5,14-15,24H2,1-4H3,(H,25,26);1H. The third-order valence-corrected chi connectivity index (χ3v) is 5.93. The smallest absolute Gasteiger partial charge is 0.245 e. The van der Waals surface area contributed by atoms with E-state index in [2.05, 4.69) is 5.32 Å². The predicted molar refractivity (Wildman–Crippen MR) is 119 cm³/mol. The zero-order valence-corrected chi connectivity index (χ0v) is 18.3. The van der Waals surface area contributed by atoms with E-state index in [4.69, 9.17) is 15.2 Å². The first-order valence-corrected chi connectivity index (χ1v) is 9.77. The summed E-state index contributed by atoms with van der Waals surface area (Å²) in [5, 5.41) is 3.00. The van der Waals surface area contributed by atoms with Crippen molar-refractivity contribution in [2.75, 3.05) is 11.9 Å². The summed E-state index contributed by atoms with van der Waals surface area (Å²) in [5.41, 5.74) is 7.90. The van der Waals surface area contributed by atoms with E-state index >= 15 is 0 Å². The maximum Gasteiger partial charge on any atom is 0.245 e. The SMILES string of the molecule is CCOC1CC(N)(C(=O)Nc2ccc(OCc3ccccc3)cc2C)C1(C)C.Cl. The summed E-state index contributed by atoms with van der Waals surface area (Å²) >= 11 is 0. The number of aryl methyl sites for hydroxylation is 1. The molecule has 0 bridgehead atoms. The number of anilines is 1. The highest BCUT2D eigenvalue weighted by atomic mass is 35.5. The number of nitrogens with one attached hydrogen (secondary N) is 1. The van der Waals surface area contributed by atoms with Crippen LogP contribution in [0.5, 0.6) is 5.75 Å². The Kier molecular flexibility index (Phi) is 7.33. The van der Waals surface area contributed by atoms with Crippen LogP contribution in [-0.2, 0) is 16.1 Å². The summed E-state index contributed by atoms with van der Waals surface area (Å²) < 4.78 is 11.6. The van der Waals surface area contributed by atoms with Crippen LogP contribution in [0.2, 0.25) is 0 Å². The quantitative estimate of drug-likeness (QED) is 0.695. The molecule has 2 aromatic rings. The van der Waals surface area contributed by atoms with E-state index in [9.17, 15) is 4.79 Å². The van der Waals surface area contributed by atoms with E-state index in [-0.39, 0.29) is 24.4 Å². The number of rotatable bonds is 7. The van der Waals surface area contributed by atoms with Gasteiger partial charge >= 0.3 is 0 Å². The molecule has 158 valence electrons. The molecule has 29 heavy (non-hydrogen) atoms. The molecule has 0 heterocycles. The fourth-order valence-electron chi connectivity index (χ4n) is 3.66. The van der Waals surface area contributed by atoms with Gasteiger partial charge in [-0.25, -0.2) is 0 Å². The van der Waals surface area contributed by atoms with Crippen molar-refractivity contribution in [3.05, 3.63) is 59.7 Å². The van der Waals surface area contributed by atoms with Crippen molar-refractivity contribution in [2.24, 2.45) is 11.1 Å². The molecular weight excluding hydrogens is 388 g/mol. The minimum atomic E-state index is -0.943. The van der Waals surface area contributed by atoms with Gasteiger partial charge in [0, 0.05) is 24.1 Å². The lowest BCUT2D eigenvalue weighted by molar-refractivity contribution is -0.166. The fraction of sp³-hybridized carbons (Fsp3) is 0.435. The number of benzene rings is 2. The molecule has 3 N–H and O–H groups in total. The molecule has 6 heteroatoms. The second-order valence-corrected chi connectivity index (χ2v) is 8.05. The first kappa shape index (κ1) is 23.2. The first-order valence-electron chi connectivity index (χ1n) is 9.77. The second kappa shape index (κ2) is 9.16. The van der Waals surface area contributed by atoms with Crippen molar-refractivity contribution in [1.82, 2.24) is 0 Å². The van der Waals surface area contributed by atoms with Crippen LogP contribution in [0, 0.1) is 12.3 Å². The number of carbonyl (C=O) groups excluding carboxylic acids is 1. The van der Waals surface area contributed by atoms with Crippen molar-refractivity contribution in [3.63, 3.8) is 0 Å². The zero-order valence-electron chi connectivity index (χ0n) is 17.5. The van der Waals surface area contributed by atoms with Crippen LogP contribution < -0.4 is 15.8 Å². The molecule has 1 fully saturated rings. The van der Waals surface area contributed by atoms with Gasteiger partial charge in [0.25, 0.3) is 0 Å². The van der Waals surface area contributed by atoms with Crippen LogP contribution in [0.1, 0.15) is 38.3 Å². The molecule has 0 aliphatic heterocycles. The topological polar surface area (TPSA) is 73.6 Å². The maximum atomic E-state index is 12.9. The molecule has 0 aromatic heterocycles. The molecular formula is C23H31ClN2O3. The van der Waals surface area contributed by atoms with Gasteiger partial charge in [-0.2, -0.15) is 0 Å². The Bertz CT molecular complexity index is 841. The largest absolute Gasteiger partial charge is 0.489 e. The molecule has 0 saturated heterocycles. The van der Waals surface area contributed by atoms with Gasteiger partial charge in [0.15, 0.2) is 0 Å². The summed E-state index contributed by atoms with van der Waals surface area (Å²) in [6.07, 6.45) is 0.528. The molecule has 1 amide bonds. The van der Waals surface area contributed by atoms with E-state index in [0.717, 1.165) is 22.6 Å². The lowest BCUT2D eigenvalue weighted by Gasteiger charge is -2.57. The maximum absolute atomic E-state index is 12.9. The molecule has 5 nitrogen and oxygen atoms in total. The van der Waals surface area contributed by atoms with Gasteiger partial charge in [-0.05, 0) is 43.2 Å². The van der Waals surface area contributed by atoms with Crippen LogP contribution in [0.3, 0.4) is 0 Å². The lowest BCUT2D eigenvalue weighted by Crippen LogP contribution is -2.74. The highest BCUT2D eigenvalue weighted by Gasteiger charge is 2.62. The average molecular weight is 419 g/mol. The Balaban J connectivity index is 0.00000300. The Morgan fingerprint density at radius 1 is 1.21 bits per heavy atom. The van der Waals surface area contributed by atoms with Crippen molar-refractivity contribution < 1.29 is 14.3 Å². The number of nitrogens with two attached hydrogens (primary N) is 1. The predicted octanol–water partition coefficient (Wildman–Crippen LogP) is 4.47. The third-order valence-electron chi connectivity index (χ3n) is 5.93. The number of ether oxygens (including phenoxy) is 2. The van der Waals surface area contributed by atoms with E-state index in [1.165, 1.54) is 0 Å². The average Bonchev–Trinajstić information content (AvgIpc) is 2.68. The number of halogens is 1. The zero-order chi connectivity index (χ0) is 20.4. The van der Waals surface area contributed by atoms with Gasteiger partial charge in [0.2, 0.25) is 5.91 Å². The Hall–Kier alpha value is -2.08. The van der Waals surface area contributed by atoms with Crippen LogP contribution >= 0.6 is 12.4 Å². The Morgan fingerprint density at radius 2 is 1.90 bits per heavy atom. The van der Waals surface area contributed by atoms with Crippen molar-refractivity contribution >= 4 is 24.0 Å². The second-order valence-electron chi connectivity index (χ2n) is 8.05. The van der Waals surface area contributed by atoms with Crippen LogP contribution in [0.25, 0.3) is 0 Å². The number of hydrogen-bond donors (Lipinski definition) is 2. The summed E-state index contributed by atoms with van der Waals surface area (Å²) in [5.74, 6) is 0.594. The van der Waals surface area contributed by atoms with Gasteiger partial charge in [-0.15, -0.1) is 12.4 Å². The van der Waals surface area contributed by atoms with E-state index in [1.807, 2.05) is 76.2 Å². The fourth-order valence-corrected chi connectivity index (χ4v) is 3.66. The first-order chi connectivity index (χ1) is 13.3. The monoisotopic (exact) mass is 418 g/mol. The normalized spacial score (nSPS) is 22.2. The van der Waals surface area contributed by atoms with E-state index in [0.29, 0.717) is 19.6 Å². The molecule has 3 rings (SSSR count).